The Morgan fingerprint density at radius 3 is 2.75 bits per heavy atom. The minimum absolute atomic E-state index is 0.302. The Balaban J connectivity index is 2.39. The molecule has 0 spiro atoms. The highest BCUT2D eigenvalue weighted by atomic mass is 35.5. The Hall–Kier alpha value is -2.24. The third kappa shape index (κ3) is 2.92. The zero-order chi connectivity index (χ0) is 17.3. The predicted molar refractivity (Wildman–Crippen MR) is 94.1 cm³/mol. The largest absolute Gasteiger partial charge is 0.321 e. The molecule has 4 nitrogen and oxygen atoms in total. The second-order valence-electron chi connectivity index (χ2n) is 5.62. The number of aromatic nitrogens is 2. The molecule has 0 amide bonds. The van der Waals surface area contributed by atoms with Gasteiger partial charge in [0.2, 0.25) is 0 Å². The minimum atomic E-state index is -0.436. The SMILES string of the molecule is CCC[C@@H](N)c1nc2cccc(Cl)c2c(=O)n1-c1cccc(F)c1. The normalized spacial score (nSPS) is 12.5. The van der Waals surface area contributed by atoms with Crippen LogP contribution in [0.5, 0.6) is 0 Å². The van der Waals surface area contributed by atoms with Gasteiger partial charge in [-0.05, 0) is 36.8 Å². The van der Waals surface area contributed by atoms with Crippen LogP contribution in [0.2, 0.25) is 5.02 Å². The Kier molecular flexibility index (Phi) is 4.64. The van der Waals surface area contributed by atoms with Crippen molar-refractivity contribution in [2.24, 2.45) is 5.73 Å². The molecule has 0 aliphatic heterocycles. The fraction of sp³-hybridized carbons (Fsp3) is 0.222. The van der Waals surface area contributed by atoms with E-state index in [-0.39, 0.29) is 5.56 Å². The van der Waals surface area contributed by atoms with Gasteiger partial charge >= 0.3 is 0 Å². The van der Waals surface area contributed by atoms with E-state index < -0.39 is 11.9 Å². The molecule has 1 atom stereocenters. The first-order valence-electron chi connectivity index (χ1n) is 7.75. The van der Waals surface area contributed by atoms with Crippen LogP contribution in [0.25, 0.3) is 16.6 Å². The van der Waals surface area contributed by atoms with Crippen LogP contribution in [-0.2, 0) is 0 Å². The Morgan fingerprint density at radius 2 is 2.04 bits per heavy atom. The smallest absolute Gasteiger partial charge is 0.267 e. The average Bonchev–Trinajstić information content (AvgIpc) is 2.54. The van der Waals surface area contributed by atoms with Gasteiger partial charge in [-0.1, -0.05) is 37.1 Å². The molecule has 0 radical (unpaired) electrons. The van der Waals surface area contributed by atoms with E-state index in [4.69, 9.17) is 17.3 Å². The first-order valence-corrected chi connectivity index (χ1v) is 8.13. The van der Waals surface area contributed by atoms with E-state index >= 15 is 0 Å². The molecule has 0 unspecified atom stereocenters. The monoisotopic (exact) mass is 345 g/mol. The first kappa shape index (κ1) is 16.6. The summed E-state index contributed by atoms with van der Waals surface area (Å²) in [5.74, 6) is -0.0316. The van der Waals surface area contributed by atoms with Crippen molar-refractivity contribution in [2.75, 3.05) is 0 Å². The van der Waals surface area contributed by atoms with Gasteiger partial charge in [0.1, 0.15) is 11.6 Å². The van der Waals surface area contributed by atoms with Crippen molar-refractivity contribution in [3.63, 3.8) is 0 Å². The summed E-state index contributed by atoms with van der Waals surface area (Å²) in [7, 11) is 0. The number of fused-ring (bicyclic) bond motifs is 1. The molecule has 0 saturated heterocycles. The summed E-state index contributed by atoms with van der Waals surface area (Å²) in [5.41, 5.74) is 6.75. The molecular weight excluding hydrogens is 329 g/mol. The molecule has 0 aliphatic rings. The van der Waals surface area contributed by atoms with Crippen LogP contribution in [0.4, 0.5) is 4.39 Å². The maximum absolute atomic E-state index is 13.7. The summed E-state index contributed by atoms with van der Waals surface area (Å²) in [6, 6.07) is 10.5. The summed E-state index contributed by atoms with van der Waals surface area (Å²) in [4.78, 5) is 17.6. The lowest BCUT2D eigenvalue weighted by Gasteiger charge is -2.18. The van der Waals surface area contributed by atoms with Gasteiger partial charge in [0.05, 0.1) is 27.7 Å². The number of nitrogens with zero attached hydrogens (tertiary/aromatic N) is 2. The minimum Gasteiger partial charge on any atom is -0.321 e. The number of rotatable bonds is 4. The maximum atomic E-state index is 13.7. The van der Waals surface area contributed by atoms with E-state index in [9.17, 15) is 9.18 Å². The molecule has 0 saturated carbocycles. The Bertz CT molecular complexity index is 955. The zero-order valence-electron chi connectivity index (χ0n) is 13.2. The van der Waals surface area contributed by atoms with Gasteiger partial charge in [-0.15, -0.1) is 0 Å². The standard InChI is InChI=1S/C18H17ClFN3O/c1-2-5-14(21)17-22-15-9-4-8-13(19)16(15)18(24)23(17)12-7-3-6-11(20)10-12/h3-4,6-10,14H,2,5,21H2,1H3/t14-/m1/s1. The second kappa shape index (κ2) is 6.71. The number of hydrogen-bond donors (Lipinski definition) is 1. The molecule has 3 aromatic rings. The Morgan fingerprint density at radius 1 is 1.29 bits per heavy atom. The van der Waals surface area contributed by atoms with Crippen molar-refractivity contribution >= 4 is 22.5 Å². The van der Waals surface area contributed by atoms with E-state index in [1.54, 1.807) is 30.3 Å². The summed E-state index contributed by atoms with van der Waals surface area (Å²) >= 11 is 6.19. The predicted octanol–water partition coefficient (Wildman–Crippen LogP) is 3.98. The van der Waals surface area contributed by atoms with Gasteiger partial charge in [0.25, 0.3) is 5.56 Å². The van der Waals surface area contributed by atoms with Crippen LogP contribution < -0.4 is 11.3 Å². The van der Waals surface area contributed by atoms with Crippen molar-refractivity contribution in [1.82, 2.24) is 9.55 Å². The maximum Gasteiger partial charge on any atom is 0.267 e. The molecule has 124 valence electrons. The van der Waals surface area contributed by atoms with Gasteiger partial charge in [-0.2, -0.15) is 0 Å². The lowest BCUT2D eigenvalue weighted by molar-refractivity contribution is 0.581. The van der Waals surface area contributed by atoms with Crippen molar-refractivity contribution in [1.29, 1.82) is 0 Å². The van der Waals surface area contributed by atoms with Crippen LogP contribution in [-0.4, -0.2) is 9.55 Å². The molecule has 6 heteroatoms. The van der Waals surface area contributed by atoms with Crippen molar-refractivity contribution in [2.45, 2.75) is 25.8 Å². The number of hydrogen-bond acceptors (Lipinski definition) is 3. The highest BCUT2D eigenvalue weighted by Gasteiger charge is 2.19. The van der Waals surface area contributed by atoms with E-state index in [1.807, 2.05) is 6.92 Å². The lowest BCUT2D eigenvalue weighted by Crippen LogP contribution is -2.28. The number of benzene rings is 2. The summed E-state index contributed by atoms with van der Waals surface area (Å²) in [6.45, 7) is 2.00. The molecule has 1 heterocycles. The van der Waals surface area contributed by atoms with Gasteiger partial charge < -0.3 is 5.73 Å². The third-order valence-electron chi connectivity index (χ3n) is 3.87. The van der Waals surface area contributed by atoms with E-state index in [0.29, 0.717) is 33.9 Å². The van der Waals surface area contributed by atoms with Crippen molar-refractivity contribution < 1.29 is 4.39 Å². The van der Waals surface area contributed by atoms with Crippen LogP contribution in [0.15, 0.2) is 47.3 Å². The highest BCUT2D eigenvalue weighted by molar-refractivity contribution is 6.35. The molecular formula is C18H17ClFN3O. The second-order valence-corrected chi connectivity index (χ2v) is 6.03. The van der Waals surface area contributed by atoms with Gasteiger partial charge in [-0.3, -0.25) is 9.36 Å². The van der Waals surface area contributed by atoms with E-state index in [2.05, 4.69) is 4.98 Å². The molecule has 0 aliphatic carbocycles. The van der Waals surface area contributed by atoms with Gasteiger partial charge in [0, 0.05) is 0 Å². The molecule has 2 N–H and O–H groups in total. The highest BCUT2D eigenvalue weighted by Crippen LogP contribution is 2.23. The fourth-order valence-electron chi connectivity index (χ4n) is 2.76. The summed E-state index contributed by atoms with van der Waals surface area (Å²) in [5, 5.41) is 0.613. The molecule has 1 aromatic heterocycles. The summed E-state index contributed by atoms with van der Waals surface area (Å²) < 4.78 is 15.0. The Labute approximate surface area is 143 Å². The van der Waals surface area contributed by atoms with E-state index in [0.717, 1.165) is 6.42 Å². The van der Waals surface area contributed by atoms with Gasteiger partial charge in [-0.25, -0.2) is 9.37 Å². The van der Waals surface area contributed by atoms with Gasteiger partial charge in [0.15, 0.2) is 0 Å². The zero-order valence-corrected chi connectivity index (χ0v) is 13.9. The van der Waals surface area contributed by atoms with Crippen LogP contribution in [0, 0.1) is 5.82 Å². The molecule has 24 heavy (non-hydrogen) atoms. The van der Waals surface area contributed by atoms with Crippen LogP contribution in [0.3, 0.4) is 0 Å². The van der Waals surface area contributed by atoms with Crippen molar-refractivity contribution in [3.05, 3.63) is 69.5 Å². The molecule has 0 bridgehead atoms. The molecule has 0 fully saturated rings. The third-order valence-corrected chi connectivity index (χ3v) is 4.19. The topological polar surface area (TPSA) is 60.9 Å². The average molecular weight is 346 g/mol. The quantitative estimate of drug-likeness (QED) is 0.778. The van der Waals surface area contributed by atoms with Crippen molar-refractivity contribution in [3.8, 4) is 5.69 Å². The molecule has 2 aromatic carbocycles. The van der Waals surface area contributed by atoms with Crippen LogP contribution in [0.1, 0.15) is 31.6 Å². The first-order chi connectivity index (χ1) is 11.5. The van der Waals surface area contributed by atoms with Crippen LogP contribution >= 0.6 is 11.6 Å². The number of halogens is 2. The fourth-order valence-corrected chi connectivity index (χ4v) is 3.01. The lowest BCUT2D eigenvalue weighted by atomic mass is 10.1. The van der Waals surface area contributed by atoms with E-state index in [1.165, 1.54) is 16.7 Å². The summed E-state index contributed by atoms with van der Waals surface area (Å²) in [6.07, 6.45) is 1.50. The molecule has 3 rings (SSSR count). The number of nitrogens with two attached hydrogens (primary N) is 1.